The third-order valence-corrected chi connectivity index (χ3v) is 5.48. The summed E-state index contributed by atoms with van der Waals surface area (Å²) in [6.07, 6.45) is 2.98. The number of carboxylic acid groups (broad SMARTS) is 1. The second kappa shape index (κ2) is 8.05. The molecule has 26 heavy (non-hydrogen) atoms. The van der Waals surface area contributed by atoms with Crippen LogP contribution in [-0.2, 0) is 9.59 Å². The second-order valence-corrected chi connectivity index (χ2v) is 7.03. The molecule has 2 amide bonds. The molecule has 142 valence electrons. The van der Waals surface area contributed by atoms with Crippen LogP contribution in [0.15, 0.2) is 24.3 Å². The van der Waals surface area contributed by atoms with Gasteiger partial charge < -0.3 is 21.1 Å². The number of rotatable bonds is 6. The molecule has 0 bridgehead atoms. The van der Waals surface area contributed by atoms with Gasteiger partial charge in [-0.05, 0) is 43.0 Å². The maximum atomic E-state index is 12.1. The molecule has 2 atom stereocenters. The normalized spacial score (nSPS) is 24.5. The van der Waals surface area contributed by atoms with Crippen LogP contribution in [0.25, 0.3) is 0 Å². The predicted molar refractivity (Wildman–Crippen MR) is 99.3 cm³/mol. The number of anilines is 1. The third-order valence-electron chi connectivity index (χ3n) is 5.48. The lowest BCUT2D eigenvalue weighted by molar-refractivity contribution is -0.149. The summed E-state index contributed by atoms with van der Waals surface area (Å²) in [5.74, 6) is -1.14. The maximum Gasteiger partial charge on any atom is 0.311 e. The molecule has 0 unspecified atom stereocenters. The van der Waals surface area contributed by atoms with Crippen LogP contribution < -0.4 is 11.1 Å². The molecule has 1 heterocycles. The molecular formula is C18H24ClN3O4. The van der Waals surface area contributed by atoms with E-state index in [-0.39, 0.29) is 24.2 Å². The van der Waals surface area contributed by atoms with E-state index in [1.807, 2.05) is 0 Å². The molecule has 2 fully saturated rings. The number of carboxylic acids is 1. The summed E-state index contributed by atoms with van der Waals surface area (Å²) in [5.41, 5.74) is 5.57. The van der Waals surface area contributed by atoms with Crippen molar-refractivity contribution < 1.29 is 19.5 Å². The number of benzene rings is 1. The molecule has 0 radical (unpaired) electrons. The third kappa shape index (κ3) is 3.99. The van der Waals surface area contributed by atoms with Crippen LogP contribution in [0.3, 0.4) is 0 Å². The first-order chi connectivity index (χ1) is 11.9. The van der Waals surface area contributed by atoms with Crippen molar-refractivity contribution in [1.29, 1.82) is 0 Å². The molecule has 2 aliphatic rings. The summed E-state index contributed by atoms with van der Waals surface area (Å²) in [4.78, 5) is 36.9. The molecule has 0 spiro atoms. The van der Waals surface area contributed by atoms with E-state index in [2.05, 4.69) is 10.2 Å². The smallest absolute Gasteiger partial charge is 0.311 e. The van der Waals surface area contributed by atoms with Gasteiger partial charge in [-0.1, -0.05) is 6.42 Å². The lowest BCUT2D eigenvalue weighted by atomic mass is 9.81. The molecule has 1 aliphatic heterocycles. The van der Waals surface area contributed by atoms with Gasteiger partial charge in [0.2, 0.25) is 11.8 Å². The number of hydrogen-bond acceptors (Lipinski definition) is 4. The Kier molecular flexibility index (Phi) is 6.26. The summed E-state index contributed by atoms with van der Waals surface area (Å²) < 4.78 is 0. The first-order valence-electron chi connectivity index (χ1n) is 8.56. The average Bonchev–Trinajstić information content (AvgIpc) is 3.11. The molecule has 1 saturated carbocycles. The number of halogens is 1. The van der Waals surface area contributed by atoms with Crippen molar-refractivity contribution in [2.24, 2.45) is 17.1 Å². The first-order valence-corrected chi connectivity index (χ1v) is 8.56. The van der Waals surface area contributed by atoms with E-state index >= 15 is 0 Å². The Balaban J connectivity index is 0.00000243. The molecule has 1 aliphatic carbocycles. The number of nitrogens with two attached hydrogens (primary N) is 1. The minimum absolute atomic E-state index is 0. The highest BCUT2D eigenvalue weighted by atomic mass is 35.5. The van der Waals surface area contributed by atoms with Crippen LogP contribution in [-0.4, -0.2) is 47.4 Å². The number of nitrogens with zero attached hydrogens (tertiary/aromatic N) is 1. The Morgan fingerprint density at radius 2 is 1.96 bits per heavy atom. The summed E-state index contributed by atoms with van der Waals surface area (Å²) in [5, 5.41) is 12.4. The van der Waals surface area contributed by atoms with Crippen molar-refractivity contribution in [2.45, 2.75) is 25.7 Å². The minimum Gasteiger partial charge on any atom is -0.481 e. The van der Waals surface area contributed by atoms with Gasteiger partial charge in [-0.25, -0.2) is 0 Å². The fraction of sp³-hybridized carbons (Fsp3) is 0.500. The molecule has 1 aromatic carbocycles. The fourth-order valence-corrected chi connectivity index (χ4v) is 4.11. The summed E-state index contributed by atoms with van der Waals surface area (Å²) in [6.45, 7) is 1.84. The van der Waals surface area contributed by atoms with Crippen molar-refractivity contribution in [2.75, 3.05) is 25.0 Å². The highest BCUT2D eigenvalue weighted by Crippen LogP contribution is 2.48. The number of likely N-dealkylation sites (tertiary alicyclic amines) is 1. The van der Waals surface area contributed by atoms with E-state index in [4.69, 9.17) is 5.73 Å². The number of carbonyl (C=O) groups excluding carboxylic acids is 2. The number of primary amides is 1. The van der Waals surface area contributed by atoms with Crippen LogP contribution >= 0.6 is 12.4 Å². The van der Waals surface area contributed by atoms with Gasteiger partial charge in [-0.15, -0.1) is 12.4 Å². The Hall–Kier alpha value is -2.12. The number of aliphatic carboxylic acids is 1. The zero-order valence-corrected chi connectivity index (χ0v) is 15.3. The van der Waals surface area contributed by atoms with E-state index < -0.39 is 17.3 Å². The van der Waals surface area contributed by atoms with Crippen LogP contribution in [0, 0.1) is 11.3 Å². The van der Waals surface area contributed by atoms with Gasteiger partial charge in [0, 0.05) is 37.3 Å². The molecule has 1 aromatic rings. The lowest BCUT2D eigenvalue weighted by Gasteiger charge is -2.23. The van der Waals surface area contributed by atoms with Crippen molar-refractivity contribution in [3.8, 4) is 0 Å². The van der Waals surface area contributed by atoms with Crippen molar-refractivity contribution >= 4 is 35.9 Å². The van der Waals surface area contributed by atoms with Gasteiger partial charge in [-0.2, -0.15) is 0 Å². The van der Waals surface area contributed by atoms with E-state index in [1.54, 1.807) is 24.3 Å². The molecule has 7 nitrogen and oxygen atoms in total. The molecule has 0 aromatic heterocycles. The highest BCUT2D eigenvalue weighted by molar-refractivity contribution is 5.94. The van der Waals surface area contributed by atoms with Gasteiger partial charge in [0.25, 0.3) is 0 Å². The zero-order valence-electron chi connectivity index (χ0n) is 14.4. The number of carbonyl (C=O) groups is 3. The fourth-order valence-electron chi connectivity index (χ4n) is 4.11. The average molecular weight is 382 g/mol. The van der Waals surface area contributed by atoms with E-state index in [0.717, 1.165) is 25.8 Å². The van der Waals surface area contributed by atoms with Crippen LogP contribution in [0.2, 0.25) is 0 Å². The summed E-state index contributed by atoms with van der Waals surface area (Å²) in [7, 11) is 0. The molecule has 1 saturated heterocycles. The maximum absolute atomic E-state index is 12.1. The summed E-state index contributed by atoms with van der Waals surface area (Å²) in [6, 6.07) is 6.40. The van der Waals surface area contributed by atoms with Crippen molar-refractivity contribution in [3.05, 3.63) is 29.8 Å². The predicted octanol–water partition coefficient (Wildman–Crippen LogP) is 1.72. The SMILES string of the molecule is Cl.NC(=O)c1ccc(NC(=O)CCN2C[C@@H]3CCC[C@@]3(C(=O)O)C2)cc1. The van der Waals surface area contributed by atoms with Gasteiger partial charge in [0.05, 0.1) is 5.41 Å². The van der Waals surface area contributed by atoms with E-state index in [9.17, 15) is 19.5 Å². The molecule has 4 N–H and O–H groups in total. The molecular weight excluding hydrogens is 358 g/mol. The van der Waals surface area contributed by atoms with Crippen LogP contribution in [0.4, 0.5) is 5.69 Å². The quantitative estimate of drug-likeness (QED) is 0.694. The molecule has 8 heteroatoms. The van der Waals surface area contributed by atoms with Gasteiger partial charge >= 0.3 is 5.97 Å². The zero-order chi connectivity index (χ0) is 18.0. The van der Waals surface area contributed by atoms with Gasteiger partial charge in [0.15, 0.2) is 0 Å². The second-order valence-electron chi connectivity index (χ2n) is 7.03. The minimum atomic E-state index is -0.698. The lowest BCUT2D eigenvalue weighted by Crippen LogP contribution is -2.36. The highest BCUT2D eigenvalue weighted by Gasteiger charge is 2.54. The largest absolute Gasteiger partial charge is 0.481 e. The van der Waals surface area contributed by atoms with Crippen LogP contribution in [0.1, 0.15) is 36.0 Å². The number of hydrogen-bond donors (Lipinski definition) is 3. The monoisotopic (exact) mass is 381 g/mol. The van der Waals surface area contributed by atoms with Crippen LogP contribution in [0.5, 0.6) is 0 Å². The van der Waals surface area contributed by atoms with E-state index in [1.165, 1.54) is 0 Å². The Morgan fingerprint density at radius 3 is 2.54 bits per heavy atom. The van der Waals surface area contributed by atoms with Crippen molar-refractivity contribution in [3.63, 3.8) is 0 Å². The Bertz CT molecular complexity index is 694. The first kappa shape index (κ1) is 20.2. The standard InChI is InChI=1S/C18H23N3O4.ClH/c19-16(23)12-3-5-14(6-4-12)20-15(22)7-9-21-10-13-2-1-8-18(13,11-21)17(24)25;/h3-6,13H,1-2,7-11H2,(H2,19,23)(H,20,22)(H,24,25);1H/t13-,18+;/m0./s1. The topological polar surface area (TPSA) is 113 Å². The number of fused-ring (bicyclic) bond motifs is 1. The van der Waals surface area contributed by atoms with Crippen molar-refractivity contribution in [1.82, 2.24) is 4.90 Å². The van der Waals surface area contributed by atoms with E-state index in [0.29, 0.717) is 30.8 Å². The Morgan fingerprint density at radius 1 is 1.27 bits per heavy atom. The van der Waals surface area contributed by atoms with Gasteiger partial charge in [-0.3, -0.25) is 14.4 Å². The Labute approximate surface area is 158 Å². The van der Waals surface area contributed by atoms with Gasteiger partial charge in [0.1, 0.15) is 0 Å². The number of nitrogens with one attached hydrogen (secondary N) is 1. The molecule has 3 rings (SSSR count). The number of amides is 2. The summed E-state index contributed by atoms with van der Waals surface area (Å²) >= 11 is 0.